The first-order valence-electron chi connectivity index (χ1n) is 13.0. The zero-order valence-corrected chi connectivity index (χ0v) is 23.1. The number of hydrogen-bond acceptors (Lipinski definition) is 5. The van der Waals surface area contributed by atoms with Gasteiger partial charge in [-0.1, -0.05) is 30.5 Å². The molecule has 202 valence electrons. The molecular formula is C29H28ClFN4O3S. The van der Waals surface area contributed by atoms with E-state index < -0.39 is 23.4 Å². The molecule has 1 spiro atoms. The number of anilines is 1. The fourth-order valence-electron chi connectivity index (χ4n) is 6.07. The first kappa shape index (κ1) is 26.0. The maximum Gasteiger partial charge on any atom is 0.262 e. The summed E-state index contributed by atoms with van der Waals surface area (Å²) in [7, 11) is 0. The number of carbonyl (C=O) groups excluding carboxylic acids is 3. The number of rotatable bonds is 6. The molecule has 7 nitrogen and oxygen atoms in total. The summed E-state index contributed by atoms with van der Waals surface area (Å²) in [6, 6.07) is 8.57. The molecule has 0 radical (unpaired) electrons. The highest BCUT2D eigenvalue weighted by Gasteiger charge is 2.57. The highest BCUT2D eigenvalue weighted by Crippen LogP contribution is 2.48. The number of benzene rings is 2. The smallest absolute Gasteiger partial charge is 0.262 e. The predicted molar refractivity (Wildman–Crippen MR) is 150 cm³/mol. The van der Waals surface area contributed by atoms with Gasteiger partial charge in [-0.15, -0.1) is 11.3 Å². The summed E-state index contributed by atoms with van der Waals surface area (Å²) in [5.41, 5.74) is 1.20. The molecular weight excluding hydrogens is 539 g/mol. The Morgan fingerprint density at radius 2 is 2.08 bits per heavy atom. The van der Waals surface area contributed by atoms with Crippen molar-refractivity contribution in [1.82, 2.24) is 10.2 Å². The summed E-state index contributed by atoms with van der Waals surface area (Å²) in [5, 5.41) is 15.2. The number of fused-ring (bicyclic) bond motifs is 3. The van der Waals surface area contributed by atoms with Crippen molar-refractivity contribution in [3.63, 3.8) is 0 Å². The van der Waals surface area contributed by atoms with Crippen LogP contribution in [0.15, 0.2) is 36.4 Å². The molecule has 3 amide bonds. The number of amides is 3. The molecule has 1 aromatic heterocycles. The molecule has 39 heavy (non-hydrogen) atoms. The summed E-state index contributed by atoms with van der Waals surface area (Å²) in [5.74, 6) is -0.998. The number of thiophene rings is 1. The van der Waals surface area contributed by atoms with Crippen LogP contribution >= 0.6 is 22.9 Å². The maximum absolute atomic E-state index is 14.5. The Bertz CT molecular complexity index is 1570. The molecule has 2 aromatic carbocycles. The lowest BCUT2D eigenvalue weighted by atomic mass is 9.79. The van der Waals surface area contributed by atoms with Crippen LogP contribution in [0, 0.1) is 24.1 Å². The maximum atomic E-state index is 14.5. The Morgan fingerprint density at radius 1 is 1.31 bits per heavy atom. The van der Waals surface area contributed by atoms with Crippen molar-refractivity contribution in [2.75, 3.05) is 11.9 Å². The van der Waals surface area contributed by atoms with Gasteiger partial charge in [0, 0.05) is 33.1 Å². The van der Waals surface area contributed by atoms with Crippen LogP contribution in [0.3, 0.4) is 0 Å². The molecule has 1 aliphatic carbocycles. The summed E-state index contributed by atoms with van der Waals surface area (Å²) in [4.78, 5) is 42.9. The number of halogens is 2. The molecule has 0 bridgehead atoms. The average Bonchev–Trinajstić information content (AvgIpc) is 3.41. The quantitative estimate of drug-likeness (QED) is 0.347. The zero-order valence-electron chi connectivity index (χ0n) is 21.6. The van der Waals surface area contributed by atoms with E-state index in [9.17, 15) is 18.8 Å². The van der Waals surface area contributed by atoms with Gasteiger partial charge in [0.15, 0.2) is 0 Å². The lowest BCUT2D eigenvalue weighted by molar-refractivity contribution is -0.133. The van der Waals surface area contributed by atoms with Crippen molar-refractivity contribution in [3.8, 4) is 0 Å². The minimum absolute atomic E-state index is 0.0933. The fraction of sp³-hybridized carbons (Fsp3) is 0.379. The molecule has 6 rings (SSSR count). The highest BCUT2D eigenvalue weighted by molar-refractivity contribution is 7.21. The summed E-state index contributed by atoms with van der Waals surface area (Å²) >= 11 is 7.49. The standard InChI is InChI=1S/C29H28ClFN4O3S/c1-14-24-19(31)4-3-5-23(24)39-25(14)26(36)33-21(10-16-6-7-16)27(37)35-13-29(12-22(35)15(2)32)18-11-17(30)8-9-20(18)34-28(29)38/h3-5,8-9,11,16,21-22,32H,6-7,10,12-13H2,1-2H3,(H,33,36)(H,34,38)/t21-,22-,29-/m0/s1. The second kappa shape index (κ2) is 9.41. The molecule has 0 unspecified atom stereocenters. The van der Waals surface area contributed by atoms with Crippen LogP contribution in [0.5, 0.6) is 0 Å². The van der Waals surface area contributed by atoms with Crippen molar-refractivity contribution in [2.24, 2.45) is 5.92 Å². The minimum atomic E-state index is -1.02. The second-order valence-corrected chi connectivity index (χ2v) is 12.5. The Labute approximate surface area is 234 Å². The van der Waals surface area contributed by atoms with Crippen LogP contribution in [-0.2, 0) is 15.0 Å². The van der Waals surface area contributed by atoms with Gasteiger partial charge in [-0.3, -0.25) is 14.4 Å². The van der Waals surface area contributed by atoms with Gasteiger partial charge >= 0.3 is 0 Å². The lowest BCUT2D eigenvalue weighted by Crippen LogP contribution is -2.52. The van der Waals surface area contributed by atoms with E-state index in [1.165, 1.54) is 17.4 Å². The molecule has 3 heterocycles. The van der Waals surface area contributed by atoms with Gasteiger partial charge in [-0.2, -0.15) is 0 Å². The molecule has 2 fully saturated rings. The summed E-state index contributed by atoms with van der Waals surface area (Å²) in [6.45, 7) is 3.45. The largest absolute Gasteiger partial charge is 0.340 e. The molecule has 1 saturated heterocycles. The Balaban J connectivity index is 1.32. The third-order valence-corrected chi connectivity index (χ3v) is 9.79. The van der Waals surface area contributed by atoms with Crippen LogP contribution in [0.2, 0.25) is 5.02 Å². The first-order valence-corrected chi connectivity index (χ1v) is 14.2. The van der Waals surface area contributed by atoms with E-state index in [1.54, 1.807) is 49.1 Å². The number of aryl methyl sites for hydroxylation is 1. The van der Waals surface area contributed by atoms with Gasteiger partial charge in [0.25, 0.3) is 5.91 Å². The SMILES string of the molecule is CC(=N)[C@@H]1C[C@@]2(CN1C(=O)[C@H](CC1CC1)NC(=O)c1sc3cccc(F)c3c1C)C(=O)Nc1ccc(Cl)cc12. The molecule has 3 atom stereocenters. The van der Waals surface area contributed by atoms with Gasteiger partial charge in [0.2, 0.25) is 11.8 Å². The average molecular weight is 567 g/mol. The van der Waals surface area contributed by atoms with Crippen LogP contribution in [0.25, 0.3) is 10.1 Å². The van der Waals surface area contributed by atoms with E-state index in [0.717, 1.165) is 18.4 Å². The predicted octanol–water partition coefficient (Wildman–Crippen LogP) is 5.43. The number of likely N-dealkylation sites (tertiary alicyclic amines) is 1. The van der Waals surface area contributed by atoms with E-state index in [-0.39, 0.29) is 36.3 Å². The van der Waals surface area contributed by atoms with Gasteiger partial charge < -0.3 is 20.9 Å². The monoisotopic (exact) mass is 566 g/mol. The molecule has 2 aliphatic heterocycles. The van der Waals surface area contributed by atoms with Crippen LogP contribution in [-0.4, -0.2) is 47.0 Å². The van der Waals surface area contributed by atoms with E-state index in [4.69, 9.17) is 17.0 Å². The van der Waals surface area contributed by atoms with Crippen molar-refractivity contribution in [2.45, 2.75) is 57.0 Å². The Morgan fingerprint density at radius 3 is 2.77 bits per heavy atom. The first-order chi connectivity index (χ1) is 18.6. The van der Waals surface area contributed by atoms with E-state index in [0.29, 0.717) is 43.6 Å². The molecule has 1 saturated carbocycles. The van der Waals surface area contributed by atoms with Gasteiger partial charge in [0.1, 0.15) is 11.9 Å². The molecule has 3 aliphatic rings. The molecule has 10 heteroatoms. The number of carbonyl (C=O) groups is 3. The van der Waals surface area contributed by atoms with Gasteiger partial charge in [-0.25, -0.2) is 4.39 Å². The summed E-state index contributed by atoms with van der Waals surface area (Å²) < 4.78 is 15.2. The van der Waals surface area contributed by atoms with Crippen molar-refractivity contribution in [3.05, 3.63) is 63.2 Å². The summed E-state index contributed by atoms with van der Waals surface area (Å²) in [6.07, 6.45) is 2.72. The molecule has 3 aromatic rings. The fourth-order valence-corrected chi connectivity index (χ4v) is 7.37. The van der Waals surface area contributed by atoms with Gasteiger partial charge in [0.05, 0.1) is 16.3 Å². The highest BCUT2D eigenvalue weighted by atomic mass is 35.5. The zero-order chi connectivity index (χ0) is 27.6. The van der Waals surface area contributed by atoms with Crippen LogP contribution < -0.4 is 10.6 Å². The number of nitrogens with one attached hydrogen (secondary N) is 3. The number of nitrogens with zero attached hydrogens (tertiary/aromatic N) is 1. The van der Waals surface area contributed by atoms with Crippen LogP contribution in [0.4, 0.5) is 10.1 Å². The van der Waals surface area contributed by atoms with Gasteiger partial charge in [-0.05, 0) is 74.1 Å². The topological polar surface area (TPSA) is 102 Å². The van der Waals surface area contributed by atoms with E-state index >= 15 is 0 Å². The van der Waals surface area contributed by atoms with Crippen molar-refractivity contribution in [1.29, 1.82) is 5.41 Å². The number of hydrogen-bond donors (Lipinski definition) is 3. The minimum Gasteiger partial charge on any atom is -0.340 e. The Kier molecular flexibility index (Phi) is 6.26. The third kappa shape index (κ3) is 4.32. The van der Waals surface area contributed by atoms with Crippen molar-refractivity contribution < 1.29 is 18.8 Å². The normalized spacial score (nSPS) is 22.7. The van der Waals surface area contributed by atoms with E-state index in [2.05, 4.69) is 10.6 Å². The van der Waals surface area contributed by atoms with Crippen LogP contribution in [0.1, 0.15) is 53.4 Å². The molecule has 3 N–H and O–H groups in total. The van der Waals surface area contributed by atoms with Crippen molar-refractivity contribution >= 4 is 62.1 Å². The van der Waals surface area contributed by atoms with E-state index in [1.807, 2.05) is 0 Å². The Hall–Kier alpha value is -3.30. The second-order valence-electron chi connectivity index (χ2n) is 11.0. The lowest BCUT2D eigenvalue weighted by Gasteiger charge is -2.29. The third-order valence-electron chi connectivity index (χ3n) is 8.30.